The molecule has 4 rings (SSSR count). The Morgan fingerprint density at radius 1 is 0.826 bits per heavy atom. The van der Waals surface area contributed by atoms with Gasteiger partial charge >= 0.3 is 6.18 Å². The summed E-state index contributed by atoms with van der Waals surface area (Å²) >= 11 is 0. The topological polar surface area (TPSA) is 30.2 Å². The van der Waals surface area contributed by atoms with Gasteiger partial charge in [-0.2, -0.15) is 13.2 Å². The van der Waals surface area contributed by atoms with Gasteiger partial charge < -0.3 is 4.42 Å². The third-order valence-corrected chi connectivity index (χ3v) is 3.89. The van der Waals surface area contributed by atoms with Crippen molar-refractivity contribution in [3.63, 3.8) is 0 Å². The maximum Gasteiger partial charge on any atom is 0.420 e. The first-order valence-electron chi connectivity index (χ1n) is 6.91. The first-order valence-corrected chi connectivity index (χ1v) is 6.91. The molecule has 0 radical (unpaired) electrons. The fourth-order valence-electron chi connectivity index (χ4n) is 2.86. The van der Waals surface area contributed by atoms with Crippen molar-refractivity contribution in [2.75, 3.05) is 0 Å². The lowest BCUT2D eigenvalue weighted by atomic mass is 10.0. The second-order valence-corrected chi connectivity index (χ2v) is 5.27. The molecular formula is C18H9F3O2. The molecule has 0 amide bonds. The lowest BCUT2D eigenvalue weighted by molar-refractivity contribution is -0.136. The molecule has 1 heterocycles. The van der Waals surface area contributed by atoms with Gasteiger partial charge in [0.05, 0.1) is 16.3 Å². The van der Waals surface area contributed by atoms with Gasteiger partial charge in [-0.25, -0.2) is 0 Å². The molecule has 0 saturated heterocycles. The van der Waals surface area contributed by atoms with Gasteiger partial charge in [-0.05, 0) is 29.0 Å². The number of rotatable bonds is 0. The van der Waals surface area contributed by atoms with Crippen molar-refractivity contribution in [2.45, 2.75) is 6.18 Å². The first kappa shape index (κ1) is 13.8. The van der Waals surface area contributed by atoms with Gasteiger partial charge in [-0.3, -0.25) is 4.79 Å². The Morgan fingerprint density at radius 2 is 1.57 bits per heavy atom. The molecule has 0 bridgehead atoms. The quantitative estimate of drug-likeness (QED) is 0.333. The fraction of sp³-hybridized carbons (Fsp3) is 0.0556. The number of hydrogen-bond donors (Lipinski definition) is 0. The number of benzene rings is 3. The van der Waals surface area contributed by atoms with Crippen LogP contribution in [-0.2, 0) is 6.18 Å². The van der Waals surface area contributed by atoms with Crippen LogP contribution in [-0.4, -0.2) is 0 Å². The molecule has 5 heteroatoms. The van der Waals surface area contributed by atoms with E-state index in [0.717, 1.165) is 11.5 Å². The summed E-state index contributed by atoms with van der Waals surface area (Å²) in [6.45, 7) is 0. The van der Waals surface area contributed by atoms with Gasteiger partial charge in [0.15, 0.2) is 5.58 Å². The van der Waals surface area contributed by atoms with E-state index in [1.807, 2.05) is 12.1 Å². The Morgan fingerprint density at radius 3 is 2.35 bits per heavy atom. The molecule has 0 aliphatic carbocycles. The van der Waals surface area contributed by atoms with Crippen molar-refractivity contribution in [3.05, 3.63) is 70.4 Å². The number of hydrogen-bond acceptors (Lipinski definition) is 2. The molecule has 0 unspecified atom stereocenters. The molecule has 0 fully saturated rings. The predicted molar refractivity (Wildman–Crippen MR) is 82.5 cm³/mol. The Hall–Kier alpha value is -2.82. The minimum absolute atomic E-state index is 0.0660. The van der Waals surface area contributed by atoms with Crippen molar-refractivity contribution in [2.24, 2.45) is 0 Å². The summed E-state index contributed by atoms with van der Waals surface area (Å²) in [5, 5.41) is 1.73. The average molecular weight is 314 g/mol. The van der Waals surface area contributed by atoms with Crippen molar-refractivity contribution in [1.82, 2.24) is 0 Å². The molecule has 0 saturated carbocycles. The number of halogens is 3. The molecule has 3 aromatic carbocycles. The van der Waals surface area contributed by atoms with E-state index in [0.29, 0.717) is 10.8 Å². The summed E-state index contributed by atoms with van der Waals surface area (Å²) in [5.41, 5.74) is -1.67. The highest BCUT2D eigenvalue weighted by atomic mass is 19.4. The highest BCUT2D eigenvalue weighted by Gasteiger charge is 2.34. The van der Waals surface area contributed by atoms with Crippen molar-refractivity contribution in [3.8, 4) is 0 Å². The average Bonchev–Trinajstić information content (AvgIpc) is 2.53. The highest BCUT2D eigenvalue weighted by Crippen LogP contribution is 2.35. The highest BCUT2D eigenvalue weighted by molar-refractivity contribution is 6.08. The maximum absolute atomic E-state index is 13.1. The fourth-order valence-corrected chi connectivity index (χ4v) is 2.86. The molecule has 0 spiro atoms. The molecule has 4 aromatic rings. The van der Waals surface area contributed by atoms with Crippen LogP contribution in [0.4, 0.5) is 13.2 Å². The SMILES string of the molecule is O=c1c2cccc(C(F)(F)F)c2oc2ccc3ccccc3c12. The summed E-state index contributed by atoms with van der Waals surface area (Å²) in [6.07, 6.45) is -4.58. The summed E-state index contributed by atoms with van der Waals surface area (Å²) in [7, 11) is 0. The molecule has 2 nitrogen and oxygen atoms in total. The summed E-state index contributed by atoms with van der Waals surface area (Å²) < 4.78 is 44.9. The van der Waals surface area contributed by atoms with E-state index in [2.05, 4.69) is 0 Å². The third kappa shape index (κ3) is 2.00. The second kappa shape index (κ2) is 4.59. The van der Waals surface area contributed by atoms with Crippen molar-refractivity contribution in [1.29, 1.82) is 0 Å². The van der Waals surface area contributed by atoms with Crippen LogP contribution >= 0.6 is 0 Å². The Balaban J connectivity index is 2.27. The Kier molecular flexibility index (Phi) is 2.75. The predicted octanol–water partition coefficient (Wildman–Crippen LogP) is 5.12. The molecule has 0 aliphatic heterocycles. The van der Waals surface area contributed by atoms with Gasteiger partial charge in [-0.1, -0.05) is 36.4 Å². The largest absolute Gasteiger partial charge is 0.455 e. The zero-order chi connectivity index (χ0) is 16.2. The number of fused-ring (bicyclic) bond motifs is 4. The Bertz CT molecular complexity index is 1120. The minimum atomic E-state index is -4.58. The Labute approximate surface area is 127 Å². The normalized spacial score (nSPS) is 12.3. The van der Waals surface area contributed by atoms with E-state index in [1.54, 1.807) is 18.2 Å². The van der Waals surface area contributed by atoms with Crippen LogP contribution in [0.2, 0.25) is 0 Å². The van der Waals surface area contributed by atoms with E-state index in [-0.39, 0.29) is 11.0 Å². The summed E-state index contributed by atoms with van der Waals surface area (Å²) in [4.78, 5) is 12.8. The smallest absolute Gasteiger partial charge is 0.420 e. The van der Waals surface area contributed by atoms with Gasteiger partial charge in [0.1, 0.15) is 5.58 Å². The van der Waals surface area contributed by atoms with Gasteiger partial charge in [-0.15, -0.1) is 0 Å². The van der Waals surface area contributed by atoms with Crippen molar-refractivity contribution < 1.29 is 17.6 Å². The van der Waals surface area contributed by atoms with Crippen LogP contribution in [0, 0.1) is 0 Å². The van der Waals surface area contributed by atoms with E-state index < -0.39 is 22.8 Å². The van der Waals surface area contributed by atoms with Crippen LogP contribution < -0.4 is 5.43 Å². The molecular weight excluding hydrogens is 305 g/mol. The molecule has 0 aliphatic rings. The van der Waals surface area contributed by atoms with Crippen LogP contribution in [0.3, 0.4) is 0 Å². The zero-order valence-corrected chi connectivity index (χ0v) is 11.6. The van der Waals surface area contributed by atoms with Crippen molar-refractivity contribution >= 4 is 32.7 Å². The maximum atomic E-state index is 13.1. The van der Waals surface area contributed by atoms with E-state index in [9.17, 15) is 18.0 Å². The van der Waals surface area contributed by atoms with Crippen LogP contribution in [0.5, 0.6) is 0 Å². The zero-order valence-electron chi connectivity index (χ0n) is 11.6. The van der Waals surface area contributed by atoms with Crippen LogP contribution in [0.15, 0.2) is 63.8 Å². The minimum Gasteiger partial charge on any atom is -0.455 e. The van der Waals surface area contributed by atoms with Crippen LogP contribution in [0.1, 0.15) is 5.56 Å². The lowest BCUT2D eigenvalue weighted by Crippen LogP contribution is -2.09. The van der Waals surface area contributed by atoms with E-state index in [4.69, 9.17) is 4.42 Å². The van der Waals surface area contributed by atoms with Crippen LogP contribution in [0.25, 0.3) is 32.7 Å². The second-order valence-electron chi connectivity index (χ2n) is 5.27. The van der Waals surface area contributed by atoms with Gasteiger partial charge in [0.25, 0.3) is 0 Å². The molecule has 23 heavy (non-hydrogen) atoms. The summed E-state index contributed by atoms with van der Waals surface area (Å²) in [6, 6.07) is 14.0. The molecule has 0 N–H and O–H groups in total. The monoisotopic (exact) mass is 314 g/mol. The number of alkyl halides is 3. The first-order chi connectivity index (χ1) is 11.0. The summed E-state index contributed by atoms with van der Waals surface area (Å²) in [5.74, 6) is 0. The number of para-hydroxylation sites is 1. The van der Waals surface area contributed by atoms with E-state index in [1.165, 1.54) is 18.2 Å². The molecule has 1 aromatic heterocycles. The standard InChI is InChI=1S/C18H9F3O2/c19-18(20,21)13-7-3-6-12-16(22)15-11-5-2-1-4-10(11)8-9-14(15)23-17(12)13/h1-9H. The third-order valence-electron chi connectivity index (χ3n) is 3.89. The van der Waals surface area contributed by atoms with Gasteiger partial charge in [0.2, 0.25) is 5.43 Å². The molecule has 0 atom stereocenters. The molecule has 114 valence electrons. The lowest BCUT2D eigenvalue weighted by Gasteiger charge is -2.10. The van der Waals surface area contributed by atoms with E-state index >= 15 is 0 Å². The van der Waals surface area contributed by atoms with Gasteiger partial charge in [0, 0.05) is 0 Å².